The van der Waals surface area contributed by atoms with Crippen molar-refractivity contribution in [2.24, 2.45) is 35.2 Å². The van der Waals surface area contributed by atoms with Crippen molar-refractivity contribution in [3.05, 3.63) is 344 Å². The van der Waals surface area contributed by atoms with Gasteiger partial charge in [-0.2, -0.15) is 22.0 Å². The lowest BCUT2D eigenvalue weighted by atomic mass is 9.60. The molecule has 0 amide bonds. The number of rotatable bonds is 2. The van der Waals surface area contributed by atoms with Crippen LogP contribution in [-0.4, -0.2) is 22.0 Å². The van der Waals surface area contributed by atoms with Crippen LogP contribution < -0.4 is 22.8 Å². The maximum absolute atomic E-state index is 8.86. The largest absolute Gasteiger partial charge is 0.295 e. The van der Waals surface area contributed by atoms with E-state index >= 15 is 0 Å². The van der Waals surface area contributed by atoms with Crippen molar-refractivity contribution >= 4 is 137 Å². The lowest BCUT2D eigenvalue weighted by Crippen LogP contribution is -2.44. The number of para-hydroxylation sites is 2. The topological polar surface area (TPSA) is 41.4 Å². The molecule has 0 aliphatic carbocycles. The summed E-state index contributed by atoms with van der Waals surface area (Å²) in [7, 11) is 10.2. The number of hydrogen-bond donors (Lipinski definition) is 0. The quantitative estimate of drug-likeness (QED) is 0.122. The molecule has 22 aromatic rings. The lowest BCUT2D eigenvalue weighted by molar-refractivity contribution is -0.644. The Bertz CT molecular complexity index is 10100. The van der Waals surface area contributed by atoms with E-state index in [1.165, 1.54) is 93.2 Å². The minimum atomic E-state index is -2.30. The monoisotopic (exact) mass is 1860 g/mol. The van der Waals surface area contributed by atoms with E-state index in [1.807, 2.05) is 152 Å². The van der Waals surface area contributed by atoms with Crippen molar-refractivity contribution in [3.8, 4) is 22.5 Å². The molecule has 0 N–H and O–H groups in total. The van der Waals surface area contributed by atoms with Gasteiger partial charge in [-0.25, -0.2) is 22.8 Å². The van der Waals surface area contributed by atoms with E-state index < -0.39 is 84.4 Å². The van der Waals surface area contributed by atoms with Gasteiger partial charge < -0.3 is 0 Å². The van der Waals surface area contributed by atoms with Gasteiger partial charge in [0.2, 0.25) is 0 Å². The minimum Gasteiger partial charge on any atom is -0.232 e. The van der Waals surface area contributed by atoms with Crippen molar-refractivity contribution < 1.29 is 47.5 Å². The first kappa shape index (κ1) is 72.0. The molecule has 0 fully saturated rings. The van der Waals surface area contributed by atoms with E-state index in [1.54, 1.807) is 6.07 Å². The molecule has 10 aromatic heterocycles. The lowest BCUT2D eigenvalue weighted by Gasteiger charge is -2.43. The number of fused-ring (bicyclic) bond motifs is 15. The Balaban J connectivity index is 0.000000107. The molecule has 5 aliphatic heterocycles. The third-order valence-electron chi connectivity index (χ3n) is 36.4. The van der Waals surface area contributed by atoms with Crippen LogP contribution >= 0.6 is 0 Å². The van der Waals surface area contributed by atoms with Gasteiger partial charge >= 0.3 is 0 Å². The molecule has 4 atom stereocenters. The van der Waals surface area contributed by atoms with Crippen LogP contribution in [0.25, 0.3) is 159 Å². The fourth-order valence-electron chi connectivity index (χ4n) is 26.3. The van der Waals surface area contributed by atoms with Crippen molar-refractivity contribution in [1.82, 2.24) is 22.0 Å². The van der Waals surface area contributed by atoms with Crippen molar-refractivity contribution in [2.45, 2.75) is 248 Å². The summed E-state index contributed by atoms with van der Waals surface area (Å²) in [5.41, 5.74) is 25.0. The molecule has 4 unspecified atom stereocenters. The first-order valence-electron chi connectivity index (χ1n) is 58.6. The second-order valence-electron chi connectivity index (χ2n) is 45.5. The molecule has 5 aliphatic rings. The second-order valence-corrected chi connectivity index (χ2v) is 45.5. The van der Waals surface area contributed by atoms with Gasteiger partial charge in [0.25, 0.3) is 28.2 Å². The molecule has 0 saturated heterocycles. The Hall–Kier alpha value is -13.3. The zero-order valence-corrected chi connectivity index (χ0v) is 86.1. The van der Waals surface area contributed by atoms with Gasteiger partial charge in [-0.1, -0.05) is 363 Å². The Morgan fingerprint density at radius 2 is 0.471 bits per heavy atom. The summed E-state index contributed by atoms with van der Waals surface area (Å²) in [6.45, 7) is 32.7. The first-order chi connectivity index (χ1) is 73.5. The number of imidazole rings is 5. The van der Waals surface area contributed by atoms with Crippen LogP contribution in [0, 0.1) is 55.2 Å². The third-order valence-corrected chi connectivity index (χ3v) is 36.4. The highest BCUT2D eigenvalue weighted by molar-refractivity contribution is 6.20. The van der Waals surface area contributed by atoms with Crippen LogP contribution in [0.3, 0.4) is 0 Å². The van der Waals surface area contributed by atoms with E-state index in [0.29, 0.717) is 22.2 Å². The highest BCUT2D eigenvalue weighted by atomic mass is 15.2. The Kier molecular flexibility index (Phi) is 15.1. The summed E-state index contributed by atoms with van der Waals surface area (Å²) in [6, 6.07) is 76.8. The van der Waals surface area contributed by atoms with Crippen LogP contribution in [0.4, 0.5) is 0 Å². The van der Waals surface area contributed by atoms with E-state index in [0.717, 1.165) is 144 Å². The fourth-order valence-corrected chi connectivity index (χ4v) is 26.3. The van der Waals surface area contributed by atoms with Crippen molar-refractivity contribution in [3.63, 3.8) is 0 Å². The predicted octanol–water partition coefficient (Wildman–Crippen LogP) is 29.0. The minimum absolute atomic E-state index is 0.222. The zero-order valence-electron chi connectivity index (χ0n) is 104. The zero-order chi connectivity index (χ0) is 114. The van der Waals surface area contributed by atoms with Crippen molar-refractivity contribution in [2.75, 3.05) is 0 Å². The average Bonchev–Trinajstić information content (AvgIpc) is 1.49. The average molecular weight is 1860 g/mol. The Morgan fingerprint density at radius 1 is 0.214 bits per heavy atom. The standard InChI is InChI=1S/C30H31N2.C29H29N2.2C24H27N2.C23H25N2/c1-18-12-11-15-21-23-19(2)16-17-22-26(23)32-27(30(5,6)29(22,3)4)25(20-13-9-8-10-14-20)31(7)28(32)24(18)21;1-18-12-10-15-20-21-16-11-17-22-25(21)31-26(29(4,5)28(22,2)3)24(19-13-8-7-9-14-19)30(6)27(31)23(18)20;2*1-14-9-8-10-16-19-15(2)11-12-17-21(19)26-18(24(5,6)23(17,3)4)13-25(7)22(26)20(14)16;1-14-9-7-10-15-16-11-8-12-17-20(16)25-18(23(4,5)22(17,2)3)13-24(6)21(25)19(14)15/h8-17H,1-7H3;7-17H,1-6H3;2*8-13H,1-7H3;7-13H,1-6H3/q5*+1/i2D3;4D3;2D3,5D3;5D3;4D3. The summed E-state index contributed by atoms with van der Waals surface area (Å²) in [5, 5.41) is 16.3. The van der Waals surface area contributed by atoms with Crippen LogP contribution in [0.5, 0.6) is 0 Å². The van der Waals surface area contributed by atoms with E-state index in [-0.39, 0.29) is 10.8 Å². The van der Waals surface area contributed by atoms with E-state index in [4.69, 9.17) is 24.7 Å². The number of hydrogen-bond acceptors (Lipinski definition) is 0. The molecule has 0 radical (unpaired) electrons. The molecule has 0 saturated carbocycles. The number of nitrogens with zero attached hydrogens (tertiary/aromatic N) is 10. The van der Waals surface area contributed by atoms with Gasteiger partial charge in [0, 0.05) is 172 Å². The maximum Gasteiger partial charge on any atom is 0.295 e. The van der Waals surface area contributed by atoms with Gasteiger partial charge in [-0.3, -0.25) is 0 Å². The molecule has 0 spiro atoms. The van der Waals surface area contributed by atoms with Gasteiger partial charge in [-0.15, -0.1) is 0 Å². The summed E-state index contributed by atoms with van der Waals surface area (Å²) >= 11 is 0. The van der Waals surface area contributed by atoms with Gasteiger partial charge in [0.15, 0.2) is 39.9 Å². The Morgan fingerprint density at radius 3 is 0.836 bits per heavy atom. The number of pyridine rings is 5. The maximum atomic E-state index is 8.86. The first-order valence-corrected chi connectivity index (χ1v) is 49.6. The third kappa shape index (κ3) is 11.2. The molecule has 27 rings (SSSR count). The fraction of sp³-hybridized carbons (Fsp3) is 0.331. The molecule has 704 valence electrons. The summed E-state index contributed by atoms with van der Waals surface area (Å²) < 4.78 is 175. The number of benzene rings is 12. The van der Waals surface area contributed by atoms with Gasteiger partial charge in [-0.05, 0) is 99.8 Å². The van der Waals surface area contributed by atoms with Crippen LogP contribution in [-0.2, 0) is 89.4 Å². The highest BCUT2D eigenvalue weighted by Crippen LogP contribution is 2.60. The molecule has 140 heavy (non-hydrogen) atoms. The smallest absolute Gasteiger partial charge is 0.232 e. The summed E-state index contributed by atoms with van der Waals surface area (Å²) in [5.74, 6) is 0. The number of aromatic nitrogens is 10. The van der Waals surface area contributed by atoms with E-state index in [9.17, 15) is 0 Å². The highest BCUT2D eigenvalue weighted by Gasteiger charge is 2.58. The van der Waals surface area contributed by atoms with Crippen LogP contribution in [0.1, 0.15) is 264 Å². The molecule has 15 heterocycles. The summed E-state index contributed by atoms with van der Waals surface area (Å²) in [6.07, 6.45) is 5.99. The second kappa shape index (κ2) is 29.4. The molecule has 12 aromatic carbocycles. The van der Waals surface area contributed by atoms with Crippen molar-refractivity contribution in [1.29, 1.82) is 0 Å². The van der Waals surface area contributed by atoms with Crippen LogP contribution in [0.15, 0.2) is 243 Å². The molecule has 10 heteroatoms. The van der Waals surface area contributed by atoms with E-state index in [2.05, 4.69) is 318 Å². The number of aryl methyl sites for hydroxylation is 13. The van der Waals surface area contributed by atoms with Crippen LogP contribution in [0.2, 0.25) is 0 Å². The SMILES string of the molecule is [2H]C([2H])([2H])C1(C)c2c(-c3ccccc3)[n+](C)c3c4c(C)cccc4c4cccc(c4n23)C1(C)C.[2H]C([2H])([2H])C1(C)c2c[n+](C)c3c4c(C)cccc4c4c(C)ccc(c4n23)C1(C)C.[2H]C([2H])([2H])C1(C)c2c[n+](C)c3c4c(C)cccc4c4cccc(c4n23)C1(C)C.[2H]C([2H])([2H])c1ccc2c3c1c1cccc(C)c1c1n3c(c(-c3ccccc3)[n+]1C)C(C)(C)C2(C)C.[2H]C([2H])([2H])c1ccc2c3c1c1cccc(C)c1c1n3c(c[n+]1C)C(C)(C([2H])([2H])[2H])C2(C)C. The normalized spacial score (nSPS) is 22.4. The molecule has 0 bridgehead atoms. The van der Waals surface area contributed by atoms with Gasteiger partial charge in [0.05, 0.1) is 62.2 Å². The molecular weight excluding hydrogens is 1700 g/mol. The predicted molar refractivity (Wildman–Crippen MR) is 587 cm³/mol. The molecule has 10 nitrogen and oxygen atoms in total. The summed E-state index contributed by atoms with van der Waals surface area (Å²) in [4.78, 5) is 0. The Labute approximate surface area is 850 Å². The van der Waals surface area contributed by atoms with Gasteiger partial charge in [0.1, 0.15) is 46.2 Å². The molecular formula is C130H139N10+5.